The van der Waals surface area contributed by atoms with Crippen molar-refractivity contribution in [1.29, 1.82) is 0 Å². The molecule has 6 heteroatoms. The Bertz CT molecular complexity index is 552. The van der Waals surface area contributed by atoms with E-state index in [9.17, 15) is 9.90 Å². The Morgan fingerprint density at radius 3 is 2.43 bits per heavy atom. The lowest BCUT2D eigenvalue weighted by atomic mass is 10.2. The average Bonchev–Trinajstić information content (AvgIpc) is 2.42. The predicted molar refractivity (Wildman–Crippen MR) is 87.5 cm³/mol. The van der Waals surface area contributed by atoms with Crippen molar-refractivity contribution in [2.24, 2.45) is 0 Å². The summed E-state index contributed by atoms with van der Waals surface area (Å²) in [5.41, 5.74) is 0.922. The maximum atomic E-state index is 12.0. The molecular weight excluding hydrogens is 308 g/mol. The summed E-state index contributed by atoms with van der Waals surface area (Å²) in [7, 11) is 0. The van der Waals surface area contributed by atoms with Gasteiger partial charge in [-0.3, -0.25) is 0 Å². The van der Waals surface area contributed by atoms with E-state index < -0.39 is 11.9 Å². The van der Waals surface area contributed by atoms with Crippen LogP contribution in [0.2, 0.25) is 0 Å². The molecule has 0 spiro atoms. The molecule has 0 aromatic heterocycles. The highest BCUT2D eigenvalue weighted by Crippen LogP contribution is 2.28. The minimum Gasteiger partial charge on any atom is -0.480 e. The van der Waals surface area contributed by atoms with Crippen LogP contribution in [0, 0.1) is 6.92 Å². The molecule has 1 N–H and O–H groups in total. The summed E-state index contributed by atoms with van der Waals surface area (Å²) in [6, 6.07) is 7.64. The van der Waals surface area contributed by atoms with Gasteiger partial charge in [-0.05, 0) is 32.4 Å². The van der Waals surface area contributed by atoms with E-state index in [4.69, 9.17) is 21.7 Å². The third-order valence-electron chi connectivity index (χ3n) is 2.47. The van der Waals surface area contributed by atoms with Gasteiger partial charge in [-0.15, -0.1) is 0 Å². The van der Waals surface area contributed by atoms with Crippen molar-refractivity contribution in [3.05, 3.63) is 41.3 Å². The first-order valence-electron chi connectivity index (χ1n) is 6.52. The molecule has 0 unspecified atom stereocenters. The molecule has 0 aliphatic rings. The predicted octanol–water partition coefficient (Wildman–Crippen LogP) is 3.78. The number of aliphatic hydroxyl groups is 1. The summed E-state index contributed by atoms with van der Waals surface area (Å²) in [6.07, 6.45) is 0. The number of esters is 1. The van der Waals surface area contributed by atoms with Crippen LogP contribution in [0.3, 0.4) is 0 Å². The van der Waals surface area contributed by atoms with Gasteiger partial charge in [0.05, 0.1) is 17.4 Å². The van der Waals surface area contributed by atoms with Crippen molar-refractivity contribution in [2.45, 2.75) is 25.7 Å². The SMILES string of the molecule is CCOC(=O)/C(C(=S)Sc1ccccc1C)=C(\O)OCC. The number of carbonyl (C=O) groups excluding carboxylic acids is 1. The minimum absolute atomic E-state index is 0.109. The van der Waals surface area contributed by atoms with Crippen LogP contribution in [-0.4, -0.2) is 28.5 Å². The maximum Gasteiger partial charge on any atom is 0.347 e. The van der Waals surface area contributed by atoms with Crippen molar-refractivity contribution < 1.29 is 19.4 Å². The molecule has 1 aromatic carbocycles. The van der Waals surface area contributed by atoms with Crippen molar-refractivity contribution in [3.8, 4) is 0 Å². The molecule has 0 heterocycles. The van der Waals surface area contributed by atoms with Gasteiger partial charge in [0, 0.05) is 4.90 Å². The number of hydrogen-bond donors (Lipinski definition) is 1. The van der Waals surface area contributed by atoms with E-state index in [1.54, 1.807) is 13.8 Å². The summed E-state index contributed by atoms with van der Waals surface area (Å²) in [5, 5.41) is 9.88. The van der Waals surface area contributed by atoms with Crippen LogP contribution in [0.4, 0.5) is 0 Å². The van der Waals surface area contributed by atoms with E-state index >= 15 is 0 Å². The van der Waals surface area contributed by atoms with Crippen molar-refractivity contribution in [3.63, 3.8) is 0 Å². The van der Waals surface area contributed by atoms with E-state index in [2.05, 4.69) is 0 Å². The molecule has 1 aromatic rings. The average molecular weight is 326 g/mol. The zero-order valence-electron chi connectivity index (χ0n) is 12.2. The quantitative estimate of drug-likeness (QED) is 0.282. The summed E-state index contributed by atoms with van der Waals surface area (Å²) < 4.78 is 10.1. The normalized spacial score (nSPS) is 11.6. The molecule has 0 saturated heterocycles. The fraction of sp³-hybridized carbons (Fsp3) is 0.333. The third-order valence-corrected chi connectivity index (χ3v) is 4.00. The van der Waals surface area contributed by atoms with Crippen LogP contribution in [0.5, 0.6) is 0 Å². The highest BCUT2D eigenvalue weighted by Gasteiger charge is 2.24. The zero-order chi connectivity index (χ0) is 15.8. The first-order valence-corrected chi connectivity index (χ1v) is 7.74. The Hall–Kier alpha value is -1.53. The molecule has 114 valence electrons. The lowest BCUT2D eigenvalue weighted by Gasteiger charge is -2.11. The highest BCUT2D eigenvalue weighted by atomic mass is 32.2. The van der Waals surface area contributed by atoms with Crippen LogP contribution in [0.1, 0.15) is 19.4 Å². The van der Waals surface area contributed by atoms with Crippen LogP contribution in [-0.2, 0) is 14.3 Å². The van der Waals surface area contributed by atoms with Crippen molar-refractivity contribution in [1.82, 2.24) is 0 Å². The standard InChI is InChI=1S/C15H18O4S2/c1-4-18-13(16)12(14(17)19-5-2)15(20)21-11-9-7-6-8-10(11)3/h6-9,16H,4-5H2,1-3H3/b13-12-. The second-order valence-electron chi connectivity index (χ2n) is 3.99. The largest absolute Gasteiger partial charge is 0.480 e. The lowest BCUT2D eigenvalue weighted by Crippen LogP contribution is -2.16. The molecule has 0 radical (unpaired) electrons. The first kappa shape index (κ1) is 17.5. The van der Waals surface area contributed by atoms with E-state index in [1.807, 2.05) is 31.2 Å². The van der Waals surface area contributed by atoms with Gasteiger partial charge in [-0.2, -0.15) is 0 Å². The number of aliphatic hydroxyl groups excluding tert-OH is 1. The molecule has 0 atom stereocenters. The van der Waals surface area contributed by atoms with Crippen LogP contribution >= 0.6 is 24.0 Å². The van der Waals surface area contributed by atoms with Gasteiger partial charge < -0.3 is 14.6 Å². The van der Waals surface area contributed by atoms with Gasteiger partial charge in [-0.1, -0.05) is 42.2 Å². The van der Waals surface area contributed by atoms with Crippen LogP contribution in [0.15, 0.2) is 40.7 Å². The van der Waals surface area contributed by atoms with Crippen molar-refractivity contribution >= 4 is 34.1 Å². The number of aryl methyl sites for hydroxylation is 1. The first-order chi connectivity index (χ1) is 10.0. The van der Waals surface area contributed by atoms with Gasteiger partial charge in [0.1, 0.15) is 0 Å². The summed E-state index contributed by atoms with van der Waals surface area (Å²) in [4.78, 5) is 12.9. The fourth-order valence-electron chi connectivity index (χ4n) is 1.49. The van der Waals surface area contributed by atoms with Crippen LogP contribution in [0.25, 0.3) is 0 Å². The monoisotopic (exact) mass is 326 g/mol. The van der Waals surface area contributed by atoms with Gasteiger partial charge in [0.15, 0.2) is 5.57 Å². The Labute approximate surface area is 134 Å². The lowest BCUT2D eigenvalue weighted by molar-refractivity contribution is -0.138. The Morgan fingerprint density at radius 1 is 1.24 bits per heavy atom. The molecule has 0 amide bonds. The number of hydrogen-bond acceptors (Lipinski definition) is 6. The molecule has 0 fully saturated rings. The molecule has 0 bridgehead atoms. The zero-order valence-corrected chi connectivity index (χ0v) is 13.8. The van der Waals surface area contributed by atoms with Crippen molar-refractivity contribution in [2.75, 3.05) is 13.2 Å². The van der Waals surface area contributed by atoms with Gasteiger partial charge >= 0.3 is 5.97 Å². The topological polar surface area (TPSA) is 55.8 Å². The second-order valence-corrected chi connectivity index (χ2v) is 5.71. The summed E-state index contributed by atoms with van der Waals surface area (Å²) >= 11 is 6.48. The maximum absolute atomic E-state index is 12.0. The number of carbonyl (C=O) groups is 1. The summed E-state index contributed by atoms with van der Waals surface area (Å²) in [6.45, 7) is 5.76. The Kier molecular flexibility index (Phi) is 7.25. The van der Waals surface area contributed by atoms with E-state index in [1.165, 1.54) is 11.8 Å². The highest BCUT2D eigenvalue weighted by molar-refractivity contribution is 8.23. The number of ether oxygens (including phenoxy) is 2. The molecule has 0 aliphatic carbocycles. The Morgan fingerprint density at radius 2 is 1.86 bits per heavy atom. The molecule has 21 heavy (non-hydrogen) atoms. The molecule has 0 aliphatic heterocycles. The fourth-order valence-corrected chi connectivity index (χ4v) is 2.78. The molecule has 4 nitrogen and oxygen atoms in total. The minimum atomic E-state index is -0.686. The number of benzene rings is 1. The van der Waals surface area contributed by atoms with Gasteiger partial charge in [0.25, 0.3) is 5.95 Å². The molecular formula is C15H18O4S2. The second kappa shape index (κ2) is 8.69. The van der Waals surface area contributed by atoms with Gasteiger partial charge in [0.2, 0.25) is 0 Å². The Balaban J connectivity index is 3.04. The summed E-state index contributed by atoms with van der Waals surface area (Å²) in [5.74, 6) is -1.18. The van der Waals surface area contributed by atoms with E-state index in [0.29, 0.717) is 0 Å². The van der Waals surface area contributed by atoms with Gasteiger partial charge in [-0.25, -0.2) is 4.79 Å². The van der Waals surface area contributed by atoms with Crippen LogP contribution < -0.4 is 0 Å². The van der Waals surface area contributed by atoms with E-state index in [0.717, 1.165) is 10.5 Å². The smallest absolute Gasteiger partial charge is 0.347 e. The number of thiocarbonyl (C=S) groups is 1. The molecule has 0 saturated carbocycles. The number of rotatable bonds is 6. The number of thioether (sulfide) groups is 1. The molecule has 1 rings (SSSR count). The third kappa shape index (κ3) is 5.06. The van der Waals surface area contributed by atoms with E-state index in [-0.39, 0.29) is 23.0 Å².